The van der Waals surface area contributed by atoms with Gasteiger partial charge < -0.3 is 10.1 Å². The third-order valence-corrected chi connectivity index (χ3v) is 3.97. The number of nitrogens with zero attached hydrogens (tertiary/aromatic N) is 1. The molecule has 0 aliphatic rings. The van der Waals surface area contributed by atoms with E-state index in [1.54, 1.807) is 0 Å². The molecule has 2 aromatic carbocycles. The average molecular weight is 398 g/mol. The van der Waals surface area contributed by atoms with Gasteiger partial charge in [-0.25, -0.2) is 4.79 Å². The number of halogens is 3. The number of esters is 1. The molecule has 0 aromatic heterocycles. The normalized spacial score (nSPS) is 11.3. The highest BCUT2D eigenvalue weighted by molar-refractivity contribution is 6.42. The predicted octanol–water partition coefficient (Wildman–Crippen LogP) is 4.70. The Hall–Kier alpha value is -2.26. The average Bonchev–Trinajstić information content (AvgIpc) is 2.57. The summed E-state index contributed by atoms with van der Waals surface area (Å²) in [6.45, 7) is 1.41. The molecule has 2 rings (SSSR count). The molecule has 0 heterocycles. The van der Waals surface area contributed by atoms with E-state index in [0.29, 0.717) is 10.6 Å². The van der Waals surface area contributed by atoms with Crippen LogP contribution in [0.2, 0.25) is 15.1 Å². The topological polar surface area (TPSA) is 79.2 Å². The van der Waals surface area contributed by atoms with Crippen LogP contribution in [-0.4, -0.2) is 18.0 Å². The number of rotatable bonds is 4. The van der Waals surface area contributed by atoms with Gasteiger partial charge in [0, 0.05) is 5.02 Å². The molecule has 25 heavy (non-hydrogen) atoms. The Morgan fingerprint density at radius 3 is 2.20 bits per heavy atom. The second-order valence-electron chi connectivity index (χ2n) is 4.97. The first-order valence-electron chi connectivity index (χ1n) is 6.98. The first-order valence-corrected chi connectivity index (χ1v) is 8.11. The van der Waals surface area contributed by atoms with Crippen LogP contribution in [0, 0.1) is 11.3 Å². The summed E-state index contributed by atoms with van der Waals surface area (Å²) < 4.78 is 5.10. The molecule has 2 aromatic rings. The van der Waals surface area contributed by atoms with Crippen molar-refractivity contribution in [2.24, 2.45) is 0 Å². The molecule has 0 aliphatic heterocycles. The van der Waals surface area contributed by atoms with Crippen molar-refractivity contribution in [1.29, 1.82) is 5.26 Å². The number of carbonyl (C=O) groups excluding carboxylic acids is 2. The predicted molar refractivity (Wildman–Crippen MR) is 96.1 cm³/mol. The van der Waals surface area contributed by atoms with Crippen molar-refractivity contribution in [3.8, 4) is 6.07 Å². The Balaban J connectivity index is 2.05. The van der Waals surface area contributed by atoms with Gasteiger partial charge in [0.2, 0.25) is 0 Å². The van der Waals surface area contributed by atoms with Crippen LogP contribution in [0.25, 0.3) is 0 Å². The van der Waals surface area contributed by atoms with Gasteiger partial charge >= 0.3 is 5.97 Å². The van der Waals surface area contributed by atoms with Crippen LogP contribution in [0.1, 0.15) is 22.8 Å². The fourth-order valence-corrected chi connectivity index (χ4v) is 2.76. The van der Waals surface area contributed by atoms with E-state index in [1.165, 1.54) is 43.3 Å². The summed E-state index contributed by atoms with van der Waals surface area (Å²) in [6.07, 6.45) is -1.09. The first-order chi connectivity index (χ1) is 11.8. The highest BCUT2D eigenvalue weighted by Crippen LogP contribution is 2.33. The number of amides is 1. The van der Waals surface area contributed by atoms with Crippen molar-refractivity contribution in [1.82, 2.24) is 0 Å². The third kappa shape index (κ3) is 4.86. The van der Waals surface area contributed by atoms with Crippen LogP contribution in [0.3, 0.4) is 0 Å². The van der Waals surface area contributed by atoms with E-state index < -0.39 is 18.0 Å². The van der Waals surface area contributed by atoms with Gasteiger partial charge in [0.1, 0.15) is 0 Å². The van der Waals surface area contributed by atoms with Gasteiger partial charge in [0.05, 0.1) is 32.9 Å². The van der Waals surface area contributed by atoms with E-state index in [2.05, 4.69) is 5.32 Å². The maximum absolute atomic E-state index is 12.2. The van der Waals surface area contributed by atoms with Crippen molar-refractivity contribution in [3.63, 3.8) is 0 Å². The lowest BCUT2D eigenvalue weighted by atomic mass is 10.1. The summed E-state index contributed by atoms with van der Waals surface area (Å²) in [7, 11) is 0. The zero-order chi connectivity index (χ0) is 18.6. The number of hydrogen-bond donors (Lipinski definition) is 1. The van der Waals surface area contributed by atoms with E-state index in [0.717, 1.165) is 0 Å². The number of ether oxygens (including phenoxy) is 1. The minimum atomic E-state index is -1.09. The molecule has 8 heteroatoms. The van der Waals surface area contributed by atoms with Gasteiger partial charge in [0.25, 0.3) is 5.91 Å². The molecule has 1 N–H and O–H groups in total. The maximum atomic E-state index is 12.2. The summed E-state index contributed by atoms with van der Waals surface area (Å²) in [5.41, 5.74) is 0.814. The second kappa shape index (κ2) is 8.21. The Morgan fingerprint density at radius 1 is 1.12 bits per heavy atom. The summed E-state index contributed by atoms with van der Waals surface area (Å²) in [6, 6.07) is 10.6. The molecule has 0 unspecified atom stereocenters. The van der Waals surface area contributed by atoms with Crippen LogP contribution in [0.5, 0.6) is 0 Å². The Kier molecular flexibility index (Phi) is 6.27. The maximum Gasteiger partial charge on any atom is 0.338 e. The van der Waals surface area contributed by atoms with Crippen molar-refractivity contribution in [2.45, 2.75) is 13.0 Å². The van der Waals surface area contributed by atoms with Gasteiger partial charge in [-0.15, -0.1) is 0 Å². The second-order valence-corrected chi connectivity index (χ2v) is 6.22. The van der Waals surface area contributed by atoms with Gasteiger partial charge in [-0.3, -0.25) is 4.79 Å². The molecule has 5 nitrogen and oxygen atoms in total. The minimum Gasteiger partial charge on any atom is -0.449 e. The number of hydrogen-bond acceptors (Lipinski definition) is 4. The summed E-state index contributed by atoms with van der Waals surface area (Å²) >= 11 is 17.8. The molecule has 1 amide bonds. The van der Waals surface area contributed by atoms with Crippen molar-refractivity contribution in [3.05, 3.63) is 62.6 Å². The Labute approximate surface area is 159 Å². The fraction of sp³-hybridized carbons (Fsp3) is 0.118. The highest BCUT2D eigenvalue weighted by Gasteiger charge is 2.21. The number of anilines is 1. The molecule has 0 bridgehead atoms. The summed E-state index contributed by atoms with van der Waals surface area (Å²) in [5.74, 6) is -1.30. The molecule has 0 fully saturated rings. The number of carbonyl (C=O) groups is 2. The lowest BCUT2D eigenvalue weighted by molar-refractivity contribution is -0.123. The quantitative estimate of drug-likeness (QED) is 0.758. The molecular formula is C17H11Cl3N2O3. The fourth-order valence-electron chi connectivity index (χ4n) is 1.85. The number of nitriles is 1. The minimum absolute atomic E-state index is 0.163. The van der Waals surface area contributed by atoms with Crippen LogP contribution in [0.4, 0.5) is 5.69 Å². The lowest BCUT2D eigenvalue weighted by Crippen LogP contribution is -2.30. The monoisotopic (exact) mass is 396 g/mol. The number of nitrogens with one attached hydrogen (secondary N) is 1. The molecule has 1 atom stereocenters. The van der Waals surface area contributed by atoms with Crippen molar-refractivity contribution >= 4 is 52.4 Å². The van der Waals surface area contributed by atoms with Crippen LogP contribution < -0.4 is 5.32 Å². The third-order valence-electron chi connectivity index (χ3n) is 3.16. The molecule has 0 spiro atoms. The van der Waals surface area contributed by atoms with Gasteiger partial charge in [-0.1, -0.05) is 34.8 Å². The van der Waals surface area contributed by atoms with Crippen LogP contribution in [-0.2, 0) is 9.53 Å². The molecule has 0 saturated heterocycles. The standard InChI is InChI=1S/C17H11Cl3N2O3/c1-9(25-17(24)11-4-2-10(8-21)3-5-11)16(23)22-15-13(19)6-12(18)7-14(15)20/h2-7,9H,1H3,(H,22,23)/t9-/m0/s1. The zero-order valence-electron chi connectivity index (χ0n) is 12.8. The highest BCUT2D eigenvalue weighted by atomic mass is 35.5. The molecule has 0 radical (unpaired) electrons. The summed E-state index contributed by atoms with van der Waals surface area (Å²) in [5, 5.41) is 11.9. The first kappa shape index (κ1) is 19.1. The van der Waals surface area contributed by atoms with E-state index >= 15 is 0 Å². The molecule has 128 valence electrons. The van der Waals surface area contributed by atoms with Gasteiger partial charge in [-0.05, 0) is 43.3 Å². The molecule has 0 aliphatic carbocycles. The number of benzene rings is 2. The van der Waals surface area contributed by atoms with Crippen molar-refractivity contribution < 1.29 is 14.3 Å². The van der Waals surface area contributed by atoms with E-state index in [1.807, 2.05) is 6.07 Å². The SMILES string of the molecule is C[C@H](OC(=O)c1ccc(C#N)cc1)C(=O)Nc1c(Cl)cc(Cl)cc1Cl. The molecular weight excluding hydrogens is 387 g/mol. The van der Waals surface area contributed by atoms with Gasteiger partial charge in [-0.2, -0.15) is 5.26 Å². The Morgan fingerprint density at radius 2 is 1.68 bits per heavy atom. The van der Waals surface area contributed by atoms with Crippen LogP contribution >= 0.6 is 34.8 Å². The largest absolute Gasteiger partial charge is 0.449 e. The van der Waals surface area contributed by atoms with E-state index in [4.69, 9.17) is 44.8 Å². The molecule has 0 saturated carbocycles. The van der Waals surface area contributed by atoms with Gasteiger partial charge in [0.15, 0.2) is 6.10 Å². The summed E-state index contributed by atoms with van der Waals surface area (Å²) in [4.78, 5) is 24.2. The van der Waals surface area contributed by atoms with E-state index in [-0.39, 0.29) is 21.3 Å². The van der Waals surface area contributed by atoms with Crippen LogP contribution in [0.15, 0.2) is 36.4 Å². The zero-order valence-corrected chi connectivity index (χ0v) is 15.1. The van der Waals surface area contributed by atoms with Crippen molar-refractivity contribution in [2.75, 3.05) is 5.32 Å². The smallest absolute Gasteiger partial charge is 0.338 e. The Bertz CT molecular complexity index is 837. The lowest BCUT2D eigenvalue weighted by Gasteiger charge is -2.15. The van der Waals surface area contributed by atoms with E-state index in [9.17, 15) is 9.59 Å².